The molecule has 0 bridgehead atoms. The topological polar surface area (TPSA) is 63.3 Å². The Morgan fingerprint density at radius 1 is 1.25 bits per heavy atom. The predicted octanol–water partition coefficient (Wildman–Crippen LogP) is 3.71. The largest absolute Gasteiger partial charge is 0.481 e. The van der Waals surface area contributed by atoms with Crippen LogP contribution in [0.2, 0.25) is 0 Å². The fraction of sp³-hybridized carbons (Fsp3) is 0.533. The molecule has 0 saturated carbocycles. The number of carbonyl (C=O) groups is 1. The lowest BCUT2D eigenvalue weighted by molar-refractivity contribution is -0.137. The van der Waals surface area contributed by atoms with Crippen LogP contribution in [-0.4, -0.2) is 11.1 Å². The van der Waals surface area contributed by atoms with E-state index in [-0.39, 0.29) is 17.5 Å². The average Bonchev–Trinajstić information content (AvgIpc) is 2.27. The number of benzene rings is 1. The maximum Gasteiger partial charge on any atom is 0.303 e. The SMILES string of the molecule is CC(C)(C)CCCC(=O)O.NCc1c(F)cccc1F. The molecule has 1 aromatic rings. The molecule has 0 aromatic heterocycles. The van der Waals surface area contributed by atoms with Gasteiger partial charge in [-0.25, -0.2) is 8.78 Å². The summed E-state index contributed by atoms with van der Waals surface area (Å²) < 4.78 is 25.1. The lowest BCUT2D eigenvalue weighted by Crippen LogP contribution is -2.05. The lowest BCUT2D eigenvalue weighted by Gasteiger charge is -2.16. The van der Waals surface area contributed by atoms with Gasteiger partial charge in [0.25, 0.3) is 0 Å². The molecule has 20 heavy (non-hydrogen) atoms. The monoisotopic (exact) mass is 287 g/mol. The molecule has 0 atom stereocenters. The Bertz CT molecular complexity index is 408. The van der Waals surface area contributed by atoms with Gasteiger partial charge in [-0.3, -0.25) is 4.79 Å². The first-order valence-corrected chi connectivity index (χ1v) is 6.52. The summed E-state index contributed by atoms with van der Waals surface area (Å²) >= 11 is 0. The molecule has 0 fully saturated rings. The van der Waals surface area contributed by atoms with E-state index in [2.05, 4.69) is 20.8 Å². The summed E-state index contributed by atoms with van der Waals surface area (Å²) in [5.74, 6) is -1.85. The van der Waals surface area contributed by atoms with E-state index in [1.54, 1.807) is 0 Å². The molecule has 1 aromatic carbocycles. The smallest absolute Gasteiger partial charge is 0.303 e. The summed E-state index contributed by atoms with van der Waals surface area (Å²) in [4.78, 5) is 10.1. The third-order valence-electron chi connectivity index (χ3n) is 2.58. The van der Waals surface area contributed by atoms with Crippen molar-refractivity contribution in [2.24, 2.45) is 11.1 Å². The fourth-order valence-electron chi connectivity index (χ4n) is 1.50. The Balaban J connectivity index is 0.000000361. The number of aliphatic carboxylic acids is 1. The van der Waals surface area contributed by atoms with Gasteiger partial charge < -0.3 is 10.8 Å². The molecule has 0 spiro atoms. The normalized spacial score (nSPS) is 10.7. The highest BCUT2D eigenvalue weighted by molar-refractivity contribution is 5.66. The lowest BCUT2D eigenvalue weighted by atomic mass is 9.90. The van der Waals surface area contributed by atoms with Crippen molar-refractivity contribution >= 4 is 5.97 Å². The second-order valence-corrected chi connectivity index (χ2v) is 5.71. The highest BCUT2D eigenvalue weighted by Crippen LogP contribution is 2.21. The van der Waals surface area contributed by atoms with Crippen LogP contribution in [0, 0.1) is 17.0 Å². The third-order valence-corrected chi connectivity index (χ3v) is 2.58. The van der Waals surface area contributed by atoms with Crippen LogP contribution < -0.4 is 5.73 Å². The van der Waals surface area contributed by atoms with Gasteiger partial charge in [0.1, 0.15) is 11.6 Å². The van der Waals surface area contributed by atoms with Gasteiger partial charge >= 0.3 is 5.97 Å². The Kier molecular flexibility index (Phi) is 7.99. The molecule has 0 radical (unpaired) electrons. The molecular formula is C15H23F2NO2. The van der Waals surface area contributed by atoms with Gasteiger partial charge in [0.15, 0.2) is 0 Å². The van der Waals surface area contributed by atoms with E-state index in [1.165, 1.54) is 18.2 Å². The van der Waals surface area contributed by atoms with E-state index in [0.29, 0.717) is 6.42 Å². The molecule has 1 rings (SSSR count). The molecule has 0 aliphatic carbocycles. The van der Waals surface area contributed by atoms with E-state index in [1.807, 2.05) is 0 Å². The van der Waals surface area contributed by atoms with E-state index >= 15 is 0 Å². The van der Waals surface area contributed by atoms with E-state index in [9.17, 15) is 13.6 Å². The Hall–Kier alpha value is -1.49. The fourth-order valence-corrected chi connectivity index (χ4v) is 1.50. The zero-order chi connectivity index (χ0) is 15.8. The molecule has 0 heterocycles. The van der Waals surface area contributed by atoms with E-state index < -0.39 is 17.6 Å². The van der Waals surface area contributed by atoms with Crippen LogP contribution in [0.5, 0.6) is 0 Å². The highest BCUT2D eigenvalue weighted by Gasteiger charge is 2.10. The molecule has 0 unspecified atom stereocenters. The van der Waals surface area contributed by atoms with Crippen molar-refractivity contribution in [2.75, 3.05) is 0 Å². The molecule has 3 nitrogen and oxygen atoms in total. The number of hydrogen-bond acceptors (Lipinski definition) is 2. The quantitative estimate of drug-likeness (QED) is 0.887. The molecule has 0 amide bonds. The zero-order valence-corrected chi connectivity index (χ0v) is 12.2. The zero-order valence-electron chi connectivity index (χ0n) is 12.2. The van der Waals surface area contributed by atoms with Crippen molar-refractivity contribution in [1.82, 2.24) is 0 Å². The Morgan fingerprint density at radius 3 is 2.05 bits per heavy atom. The second-order valence-electron chi connectivity index (χ2n) is 5.71. The van der Waals surface area contributed by atoms with Crippen LogP contribution >= 0.6 is 0 Å². The molecule has 3 N–H and O–H groups in total. The van der Waals surface area contributed by atoms with Crippen LogP contribution in [0.25, 0.3) is 0 Å². The number of carboxylic acid groups (broad SMARTS) is 1. The minimum atomic E-state index is -0.691. The molecule has 0 aliphatic rings. The van der Waals surface area contributed by atoms with Crippen LogP contribution in [0.3, 0.4) is 0 Å². The van der Waals surface area contributed by atoms with Crippen molar-refractivity contribution in [2.45, 2.75) is 46.6 Å². The number of hydrogen-bond donors (Lipinski definition) is 2. The minimum absolute atomic E-state index is 0.0532. The van der Waals surface area contributed by atoms with Crippen molar-refractivity contribution < 1.29 is 18.7 Å². The van der Waals surface area contributed by atoms with E-state index in [4.69, 9.17) is 10.8 Å². The van der Waals surface area contributed by atoms with Gasteiger partial charge in [-0.15, -0.1) is 0 Å². The first-order valence-electron chi connectivity index (χ1n) is 6.52. The maximum atomic E-state index is 12.5. The average molecular weight is 287 g/mol. The molecule has 0 saturated heterocycles. The van der Waals surface area contributed by atoms with Crippen LogP contribution in [0.4, 0.5) is 8.78 Å². The van der Waals surface area contributed by atoms with Crippen LogP contribution in [-0.2, 0) is 11.3 Å². The third kappa shape index (κ3) is 8.58. The number of nitrogens with two attached hydrogens (primary N) is 1. The summed E-state index contributed by atoms with van der Waals surface area (Å²) in [5.41, 5.74) is 5.29. The van der Waals surface area contributed by atoms with Gasteiger partial charge in [-0.1, -0.05) is 26.8 Å². The summed E-state index contributed by atoms with van der Waals surface area (Å²) in [6.07, 6.45) is 2.08. The number of carboxylic acids is 1. The van der Waals surface area contributed by atoms with Crippen molar-refractivity contribution in [3.05, 3.63) is 35.4 Å². The number of rotatable bonds is 4. The molecule has 5 heteroatoms. The molecule has 114 valence electrons. The highest BCUT2D eigenvalue weighted by atomic mass is 19.1. The minimum Gasteiger partial charge on any atom is -0.481 e. The summed E-state index contributed by atoms with van der Waals surface area (Å²) in [6, 6.07) is 3.68. The summed E-state index contributed by atoms with van der Waals surface area (Å²) in [7, 11) is 0. The standard InChI is InChI=1S/C8H16O2.C7H7F2N/c1-8(2,3)6-4-5-7(9)10;8-6-2-1-3-7(9)5(6)4-10/h4-6H2,1-3H3,(H,9,10);1-3H,4,10H2. The predicted molar refractivity (Wildman–Crippen MR) is 75.2 cm³/mol. The first-order chi connectivity index (χ1) is 9.17. The molecule has 0 aliphatic heterocycles. The maximum absolute atomic E-state index is 12.5. The van der Waals surface area contributed by atoms with Gasteiger partial charge in [0.05, 0.1) is 0 Å². The van der Waals surface area contributed by atoms with Gasteiger partial charge in [0.2, 0.25) is 0 Å². The van der Waals surface area contributed by atoms with E-state index in [0.717, 1.165) is 12.8 Å². The van der Waals surface area contributed by atoms with Gasteiger partial charge in [-0.05, 0) is 30.4 Å². The summed E-state index contributed by atoms with van der Waals surface area (Å²) in [6.45, 7) is 6.26. The van der Waals surface area contributed by atoms with Crippen molar-refractivity contribution in [3.63, 3.8) is 0 Å². The van der Waals surface area contributed by atoms with Gasteiger partial charge in [0, 0.05) is 18.5 Å². The summed E-state index contributed by atoms with van der Waals surface area (Å²) in [5, 5.41) is 8.31. The van der Waals surface area contributed by atoms with Crippen LogP contribution in [0.1, 0.15) is 45.6 Å². The first kappa shape index (κ1) is 18.5. The van der Waals surface area contributed by atoms with Gasteiger partial charge in [-0.2, -0.15) is 0 Å². The van der Waals surface area contributed by atoms with Crippen LogP contribution in [0.15, 0.2) is 18.2 Å². The van der Waals surface area contributed by atoms with Crippen molar-refractivity contribution in [1.29, 1.82) is 0 Å². The molecular weight excluding hydrogens is 264 g/mol. The number of halogens is 2. The van der Waals surface area contributed by atoms with Crippen molar-refractivity contribution in [3.8, 4) is 0 Å². The Morgan fingerprint density at radius 2 is 1.75 bits per heavy atom. The second kappa shape index (κ2) is 8.64. The Labute approximate surface area is 118 Å².